The van der Waals surface area contributed by atoms with Crippen LogP contribution in [0, 0.1) is 0 Å². The zero-order valence-corrected chi connectivity index (χ0v) is 15.9. The molecule has 1 aromatic heterocycles. The van der Waals surface area contributed by atoms with E-state index in [0.29, 0.717) is 27.9 Å². The summed E-state index contributed by atoms with van der Waals surface area (Å²) >= 11 is 7.72. The van der Waals surface area contributed by atoms with Gasteiger partial charge in [0.15, 0.2) is 0 Å². The molecule has 138 valence electrons. The largest absolute Gasteiger partial charge is 0.368 e. The summed E-state index contributed by atoms with van der Waals surface area (Å²) in [5.41, 5.74) is 1.29. The zero-order chi connectivity index (χ0) is 18.8. The van der Waals surface area contributed by atoms with E-state index >= 15 is 0 Å². The van der Waals surface area contributed by atoms with Crippen LogP contribution in [0.4, 0.5) is 11.4 Å². The van der Waals surface area contributed by atoms with E-state index in [1.165, 1.54) is 11.3 Å². The molecule has 7 heteroatoms. The van der Waals surface area contributed by atoms with Crippen LogP contribution >= 0.6 is 22.9 Å². The van der Waals surface area contributed by atoms with E-state index in [1.807, 2.05) is 24.3 Å². The van der Waals surface area contributed by atoms with E-state index in [0.717, 1.165) is 22.9 Å². The van der Waals surface area contributed by atoms with Gasteiger partial charge in [0.05, 0.1) is 5.02 Å². The van der Waals surface area contributed by atoms with Gasteiger partial charge < -0.3 is 15.4 Å². The Morgan fingerprint density at radius 3 is 2.41 bits per heavy atom. The lowest BCUT2D eigenvalue weighted by Crippen LogP contribution is -2.26. The molecule has 2 N–H and O–H groups in total. The number of carbonyl (C=O) groups is 2. The number of thiophene rings is 1. The highest BCUT2D eigenvalue weighted by atomic mass is 35.5. The molecule has 1 aliphatic rings. The quantitative estimate of drug-likeness (QED) is 0.652. The maximum atomic E-state index is 12.6. The first kappa shape index (κ1) is 18.0. The van der Waals surface area contributed by atoms with Gasteiger partial charge >= 0.3 is 0 Å². The van der Waals surface area contributed by atoms with Gasteiger partial charge in [-0.05, 0) is 43.2 Å². The summed E-state index contributed by atoms with van der Waals surface area (Å²) in [6.07, 6.45) is 1.28. The molecule has 0 aliphatic carbocycles. The van der Waals surface area contributed by atoms with Crippen LogP contribution in [0.3, 0.4) is 0 Å². The molecule has 5 nitrogen and oxygen atoms in total. The average Bonchev–Trinajstić information content (AvgIpc) is 3.32. The van der Waals surface area contributed by atoms with Crippen molar-refractivity contribution in [3.8, 4) is 0 Å². The van der Waals surface area contributed by atoms with Gasteiger partial charge in [-0.15, -0.1) is 11.3 Å². The van der Waals surface area contributed by atoms with E-state index in [-0.39, 0.29) is 17.9 Å². The van der Waals surface area contributed by atoms with E-state index in [9.17, 15) is 9.59 Å². The van der Waals surface area contributed by atoms with Gasteiger partial charge in [0.1, 0.15) is 11.0 Å². The number of hydrogen-bond donors (Lipinski definition) is 2. The van der Waals surface area contributed by atoms with Crippen molar-refractivity contribution in [1.29, 1.82) is 0 Å². The molecule has 2 aromatic carbocycles. The van der Waals surface area contributed by atoms with Crippen molar-refractivity contribution in [2.45, 2.75) is 18.9 Å². The Hall–Kier alpha value is -2.41. The first-order chi connectivity index (χ1) is 13.1. The van der Waals surface area contributed by atoms with Crippen molar-refractivity contribution in [2.24, 2.45) is 0 Å². The third-order valence-electron chi connectivity index (χ3n) is 4.37. The third-order valence-corrected chi connectivity index (χ3v) is 6.05. The number of ether oxygens (including phenoxy) is 1. The number of carbonyl (C=O) groups excluding carboxylic acids is 2. The maximum Gasteiger partial charge on any atom is 0.267 e. The predicted octanol–water partition coefficient (Wildman–Crippen LogP) is 4.92. The number of rotatable bonds is 4. The van der Waals surface area contributed by atoms with E-state index in [2.05, 4.69) is 10.6 Å². The minimum Gasteiger partial charge on any atom is -0.368 e. The summed E-state index contributed by atoms with van der Waals surface area (Å²) in [6, 6.07) is 14.6. The number of halogens is 1. The summed E-state index contributed by atoms with van der Waals surface area (Å²) in [5.74, 6) is -0.390. The molecule has 1 fully saturated rings. The molecule has 1 unspecified atom stereocenters. The van der Waals surface area contributed by atoms with Gasteiger partial charge in [0.25, 0.3) is 11.8 Å². The first-order valence-corrected chi connectivity index (χ1v) is 9.82. The topological polar surface area (TPSA) is 67.4 Å². The number of benzene rings is 2. The van der Waals surface area contributed by atoms with Crippen LogP contribution in [-0.4, -0.2) is 24.5 Å². The maximum absolute atomic E-state index is 12.6. The van der Waals surface area contributed by atoms with Crippen molar-refractivity contribution in [2.75, 3.05) is 17.2 Å². The normalized spacial score (nSPS) is 16.4. The monoisotopic (exact) mass is 400 g/mol. The third kappa shape index (κ3) is 3.83. The lowest BCUT2D eigenvalue weighted by molar-refractivity contribution is -0.124. The van der Waals surface area contributed by atoms with Gasteiger partial charge in [-0.2, -0.15) is 0 Å². The summed E-state index contributed by atoms with van der Waals surface area (Å²) < 4.78 is 6.34. The summed E-state index contributed by atoms with van der Waals surface area (Å²) in [7, 11) is 0. The number of anilines is 2. The highest BCUT2D eigenvalue weighted by Gasteiger charge is 2.23. The Morgan fingerprint density at radius 1 is 1.04 bits per heavy atom. The van der Waals surface area contributed by atoms with E-state index in [1.54, 1.807) is 24.3 Å². The minimum absolute atomic E-state index is 0.138. The van der Waals surface area contributed by atoms with Gasteiger partial charge in [0.2, 0.25) is 0 Å². The van der Waals surface area contributed by atoms with Crippen LogP contribution in [0.25, 0.3) is 10.1 Å². The number of hydrogen-bond acceptors (Lipinski definition) is 4. The van der Waals surface area contributed by atoms with Gasteiger partial charge in [-0.1, -0.05) is 29.8 Å². The van der Waals surface area contributed by atoms with Crippen molar-refractivity contribution in [3.05, 3.63) is 58.4 Å². The summed E-state index contributed by atoms with van der Waals surface area (Å²) in [4.78, 5) is 25.1. The Morgan fingerprint density at radius 2 is 1.74 bits per heavy atom. The Bertz CT molecular complexity index is 994. The molecule has 4 rings (SSSR count). The first-order valence-electron chi connectivity index (χ1n) is 8.63. The van der Waals surface area contributed by atoms with Gasteiger partial charge in [-0.25, -0.2) is 0 Å². The fourth-order valence-corrected chi connectivity index (χ4v) is 4.40. The molecule has 3 aromatic rings. The SMILES string of the molecule is O=C(Nc1ccc(NC(=O)C2CCCO2)cc1)c1sc2ccccc2c1Cl. The lowest BCUT2D eigenvalue weighted by Gasteiger charge is -2.11. The molecule has 1 atom stereocenters. The van der Waals surface area contributed by atoms with Crippen LogP contribution in [0.1, 0.15) is 22.5 Å². The summed E-state index contributed by atoms with van der Waals surface area (Å²) in [5, 5.41) is 7.02. The predicted molar refractivity (Wildman–Crippen MR) is 109 cm³/mol. The smallest absolute Gasteiger partial charge is 0.267 e. The van der Waals surface area contributed by atoms with Crippen LogP contribution in [-0.2, 0) is 9.53 Å². The standard InChI is InChI=1S/C20H17ClN2O3S/c21-17-14-4-1-2-6-16(14)27-18(17)20(25)23-13-9-7-12(8-10-13)22-19(24)15-5-3-11-26-15/h1-2,4,6-10,15H,3,5,11H2,(H,22,24)(H,23,25). The second kappa shape index (κ2) is 7.68. The second-order valence-corrected chi connectivity index (χ2v) is 7.69. The number of fused-ring (bicyclic) bond motifs is 1. The van der Waals surface area contributed by atoms with E-state index < -0.39 is 0 Å². The van der Waals surface area contributed by atoms with Crippen molar-refractivity contribution in [3.63, 3.8) is 0 Å². The molecule has 0 saturated carbocycles. The molecule has 0 bridgehead atoms. The zero-order valence-electron chi connectivity index (χ0n) is 14.3. The van der Waals surface area contributed by atoms with E-state index in [4.69, 9.17) is 16.3 Å². The second-order valence-electron chi connectivity index (χ2n) is 6.26. The van der Waals surface area contributed by atoms with Crippen molar-refractivity contribution >= 4 is 56.2 Å². The van der Waals surface area contributed by atoms with Crippen LogP contribution in [0.2, 0.25) is 5.02 Å². The van der Waals surface area contributed by atoms with Crippen LogP contribution in [0.15, 0.2) is 48.5 Å². The Balaban J connectivity index is 1.43. The molecule has 27 heavy (non-hydrogen) atoms. The molecule has 0 spiro atoms. The van der Waals surface area contributed by atoms with Gasteiger partial charge in [0, 0.05) is 28.1 Å². The highest BCUT2D eigenvalue weighted by molar-refractivity contribution is 7.21. The summed E-state index contributed by atoms with van der Waals surface area (Å²) in [6.45, 7) is 0.628. The van der Waals surface area contributed by atoms with Crippen molar-refractivity contribution in [1.82, 2.24) is 0 Å². The molecule has 0 radical (unpaired) electrons. The molecular formula is C20H17ClN2O3S. The van der Waals surface area contributed by atoms with Crippen LogP contribution in [0.5, 0.6) is 0 Å². The van der Waals surface area contributed by atoms with Crippen LogP contribution < -0.4 is 10.6 Å². The Labute approximate surface area is 165 Å². The molecular weight excluding hydrogens is 384 g/mol. The molecule has 2 amide bonds. The fraction of sp³-hybridized carbons (Fsp3) is 0.200. The van der Waals surface area contributed by atoms with Crippen molar-refractivity contribution < 1.29 is 14.3 Å². The minimum atomic E-state index is -0.375. The highest BCUT2D eigenvalue weighted by Crippen LogP contribution is 2.35. The average molecular weight is 401 g/mol. The Kier molecular flexibility index (Phi) is 5.11. The molecule has 2 heterocycles. The van der Waals surface area contributed by atoms with Gasteiger partial charge in [-0.3, -0.25) is 9.59 Å². The number of nitrogens with one attached hydrogen (secondary N) is 2. The molecule has 1 saturated heterocycles. The number of amides is 2. The lowest BCUT2D eigenvalue weighted by atomic mass is 10.2. The fourth-order valence-electron chi connectivity index (χ4n) is 2.99. The molecule has 1 aliphatic heterocycles.